The molecule has 2 nitrogen and oxygen atoms in total. The first-order chi connectivity index (χ1) is 6.95. The van der Waals surface area contributed by atoms with Crippen LogP contribution in [0.15, 0.2) is 24.3 Å². The smallest absolute Gasteiger partial charge is 0.170 e. The zero-order chi connectivity index (χ0) is 11.5. The summed E-state index contributed by atoms with van der Waals surface area (Å²) in [5, 5.41) is 6.74. The largest absolute Gasteiger partial charge is 0.366 e. The van der Waals surface area contributed by atoms with E-state index >= 15 is 0 Å². The molecule has 0 aliphatic rings. The maximum absolute atomic E-state index is 5.10. The second kappa shape index (κ2) is 4.62. The highest BCUT2D eigenvalue weighted by molar-refractivity contribution is 7.80. The minimum atomic E-state index is 0.118. The van der Waals surface area contributed by atoms with Crippen LogP contribution in [-0.2, 0) is 5.41 Å². The summed E-state index contributed by atoms with van der Waals surface area (Å²) in [6.45, 7) is 6.57. The fraction of sp³-hybridized carbons (Fsp3) is 0.417. The Balaban J connectivity index is 3.02. The van der Waals surface area contributed by atoms with Crippen molar-refractivity contribution in [2.45, 2.75) is 26.2 Å². The van der Waals surface area contributed by atoms with Gasteiger partial charge in [0.1, 0.15) is 0 Å². The number of hydrogen-bond donors (Lipinski definition) is 2. The molecule has 1 aromatic rings. The second-order valence-electron chi connectivity index (χ2n) is 4.50. The van der Waals surface area contributed by atoms with E-state index in [0.717, 1.165) is 5.69 Å². The van der Waals surface area contributed by atoms with Gasteiger partial charge in [0.25, 0.3) is 0 Å². The minimum absolute atomic E-state index is 0.118. The molecule has 0 radical (unpaired) electrons. The lowest BCUT2D eigenvalue weighted by Gasteiger charge is -2.23. The van der Waals surface area contributed by atoms with Crippen LogP contribution in [0.2, 0.25) is 0 Å². The van der Waals surface area contributed by atoms with E-state index in [1.165, 1.54) is 5.56 Å². The molecule has 0 fully saturated rings. The van der Waals surface area contributed by atoms with Gasteiger partial charge in [-0.1, -0.05) is 39.0 Å². The zero-order valence-electron chi connectivity index (χ0n) is 9.72. The van der Waals surface area contributed by atoms with Gasteiger partial charge in [0.05, 0.1) is 0 Å². The summed E-state index contributed by atoms with van der Waals surface area (Å²) in [5.74, 6) is 0. The third-order valence-electron chi connectivity index (χ3n) is 2.21. The summed E-state index contributed by atoms with van der Waals surface area (Å²) in [4.78, 5) is 0. The molecular formula is C12H18N2S. The summed E-state index contributed by atoms with van der Waals surface area (Å²) in [5.41, 5.74) is 2.46. The first kappa shape index (κ1) is 12.0. The van der Waals surface area contributed by atoms with Crippen LogP contribution in [0.1, 0.15) is 26.3 Å². The molecule has 0 saturated carbocycles. The molecule has 2 N–H and O–H groups in total. The molecule has 82 valence electrons. The van der Waals surface area contributed by atoms with E-state index in [0.29, 0.717) is 5.11 Å². The average Bonchev–Trinajstić information content (AvgIpc) is 2.17. The first-order valence-electron chi connectivity index (χ1n) is 5.03. The zero-order valence-corrected chi connectivity index (χ0v) is 10.5. The maximum Gasteiger partial charge on any atom is 0.170 e. The third-order valence-corrected chi connectivity index (χ3v) is 2.52. The van der Waals surface area contributed by atoms with Gasteiger partial charge in [-0.2, -0.15) is 0 Å². The SMILES string of the molecule is CNC(=S)Nc1ccccc1C(C)(C)C. The molecule has 1 aromatic carbocycles. The quantitative estimate of drug-likeness (QED) is 0.714. The van der Waals surface area contributed by atoms with Crippen molar-refractivity contribution in [2.24, 2.45) is 0 Å². The van der Waals surface area contributed by atoms with Gasteiger partial charge in [-0.25, -0.2) is 0 Å². The van der Waals surface area contributed by atoms with E-state index < -0.39 is 0 Å². The van der Waals surface area contributed by atoms with Gasteiger partial charge in [0.2, 0.25) is 0 Å². The Morgan fingerprint density at radius 1 is 1.20 bits per heavy atom. The van der Waals surface area contributed by atoms with Crippen LogP contribution < -0.4 is 10.6 Å². The Labute approximate surface area is 97.1 Å². The van der Waals surface area contributed by atoms with Gasteiger partial charge in [0, 0.05) is 12.7 Å². The Morgan fingerprint density at radius 3 is 2.33 bits per heavy atom. The monoisotopic (exact) mass is 222 g/mol. The standard InChI is InChI=1S/C12H18N2S/c1-12(2,3)9-7-5-6-8-10(9)14-11(15)13-4/h5-8H,1-4H3,(H2,13,14,15). The number of thiocarbonyl (C=S) groups is 1. The van der Waals surface area contributed by atoms with Crippen molar-refractivity contribution in [1.29, 1.82) is 0 Å². The molecule has 1 rings (SSSR count). The van der Waals surface area contributed by atoms with Crippen LogP contribution in [0.3, 0.4) is 0 Å². The molecule has 0 aliphatic carbocycles. The van der Waals surface area contributed by atoms with E-state index in [1.807, 2.05) is 25.2 Å². The van der Waals surface area contributed by atoms with Crippen molar-refractivity contribution >= 4 is 23.0 Å². The number of para-hydroxylation sites is 1. The number of benzene rings is 1. The van der Waals surface area contributed by atoms with Crippen molar-refractivity contribution in [3.63, 3.8) is 0 Å². The summed E-state index contributed by atoms with van der Waals surface area (Å²) in [6, 6.07) is 8.23. The molecule has 0 unspecified atom stereocenters. The number of hydrogen-bond acceptors (Lipinski definition) is 1. The average molecular weight is 222 g/mol. The van der Waals surface area contributed by atoms with Crippen LogP contribution >= 0.6 is 12.2 Å². The lowest BCUT2D eigenvalue weighted by atomic mass is 9.86. The molecule has 15 heavy (non-hydrogen) atoms. The predicted octanol–water partition coefficient (Wildman–Crippen LogP) is 2.90. The molecule has 0 spiro atoms. The Morgan fingerprint density at radius 2 is 1.80 bits per heavy atom. The highest BCUT2D eigenvalue weighted by Crippen LogP contribution is 2.28. The fourth-order valence-corrected chi connectivity index (χ4v) is 1.54. The highest BCUT2D eigenvalue weighted by atomic mass is 32.1. The van der Waals surface area contributed by atoms with Crippen LogP contribution in [0, 0.1) is 0 Å². The van der Waals surface area contributed by atoms with E-state index in [-0.39, 0.29) is 5.41 Å². The van der Waals surface area contributed by atoms with Crippen molar-refractivity contribution in [3.8, 4) is 0 Å². The van der Waals surface area contributed by atoms with E-state index in [2.05, 4.69) is 37.5 Å². The topological polar surface area (TPSA) is 24.1 Å². The first-order valence-corrected chi connectivity index (χ1v) is 5.44. The van der Waals surface area contributed by atoms with Gasteiger partial charge in [0.15, 0.2) is 5.11 Å². The second-order valence-corrected chi connectivity index (χ2v) is 4.91. The maximum atomic E-state index is 5.10. The van der Waals surface area contributed by atoms with Crippen LogP contribution in [-0.4, -0.2) is 12.2 Å². The molecule has 0 aliphatic heterocycles. The van der Waals surface area contributed by atoms with Gasteiger partial charge in [-0.15, -0.1) is 0 Å². The van der Waals surface area contributed by atoms with Crippen molar-refractivity contribution < 1.29 is 0 Å². The Bertz CT molecular complexity index is 353. The summed E-state index contributed by atoms with van der Waals surface area (Å²) < 4.78 is 0. The summed E-state index contributed by atoms with van der Waals surface area (Å²) >= 11 is 5.10. The lowest BCUT2D eigenvalue weighted by molar-refractivity contribution is 0.592. The summed E-state index contributed by atoms with van der Waals surface area (Å²) in [6.07, 6.45) is 0. The molecule has 0 heterocycles. The molecule has 0 bridgehead atoms. The van der Waals surface area contributed by atoms with Crippen LogP contribution in [0.5, 0.6) is 0 Å². The molecule has 0 aromatic heterocycles. The molecule has 0 atom stereocenters. The van der Waals surface area contributed by atoms with Crippen molar-refractivity contribution in [3.05, 3.63) is 29.8 Å². The Kier molecular flexibility index (Phi) is 3.69. The predicted molar refractivity (Wildman–Crippen MR) is 70.4 cm³/mol. The van der Waals surface area contributed by atoms with Gasteiger partial charge in [-0.05, 0) is 29.3 Å². The highest BCUT2D eigenvalue weighted by Gasteiger charge is 2.17. The number of nitrogens with one attached hydrogen (secondary N) is 2. The molecular weight excluding hydrogens is 204 g/mol. The van der Waals surface area contributed by atoms with Crippen LogP contribution in [0.4, 0.5) is 5.69 Å². The van der Waals surface area contributed by atoms with E-state index in [1.54, 1.807) is 0 Å². The fourth-order valence-electron chi connectivity index (χ4n) is 1.43. The van der Waals surface area contributed by atoms with Gasteiger partial charge >= 0.3 is 0 Å². The molecule has 0 saturated heterocycles. The van der Waals surface area contributed by atoms with Crippen molar-refractivity contribution in [1.82, 2.24) is 5.32 Å². The minimum Gasteiger partial charge on any atom is -0.366 e. The normalized spacial score (nSPS) is 10.9. The summed E-state index contributed by atoms with van der Waals surface area (Å²) in [7, 11) is 1.81. The van der Waals surface area contributed by atoms with E-state index in [4.69, 9.17) is 12.2 Å². The Hall–Kier alpha value is -1.09. The molecule has 0 amide bonds. The van der Waals surface area contributed by atoms with E-state index in [9.17, 15) is 0 Å². The number of rotatable bonds is 1. The van der Waals surface area contributed by atoms with Gasteiger partial charge in [-0.3, -0.25) is 0 Å². The lowest BCUT2D eigenvalue weighted by Crippen LogP contribution is -2.26. The van der Waals surface area contributed by atoms with Crippen molar-refractivity contribution in [2.75, 3.05) is 12.4 Å². The third kappa shape index (κ3) is 3.20. The van der Waals surface area contributed by atoms with Crippen LogP contribution in [0.25, 0.3) is 0 Å². The molecule has 3 heteroatoms. The number of anilines is 1. The van der Waals surface area contributed by atoms with Gasteiger partial charge < -0.3 is 10.6 Å².